The van der Waals surface area contributed by atoms with Crippen molar-refractivity contribution in [3.63, 3.8) is 0 Å². The summed E-state index contributed by atoms with van der Waals surface area (Å²) in [5.41, 5.74) is 2.18. The van der Waals surface area contributed by atoms with Crippen molar-refractivity contribution in [3.8, 4) is 0 Å². The molecule has 0 unspecified atom stereocenters. The number of carboxylic acid groups (broad SMARTS) is 1. The summed E-state index contributed by atoms with van der Waals surface area (Å²) in [6.07, 6.45) is 5.03. The second kappa shape index (κ2) is 7.16. The van der Waals surface area contributed by atoms with Gasteiger partial charge >= 0.3 is 5.97 Å². The summed E-state index contributed by atoms with van der Waals surface area (Å²) < 4.78 is 1.13. The van der Waals surface area contributed by atoms with E-state index < -0.39 is 11.5 Å². The molecule has 1 aliphatic heterocycles. The predicted molar refractivity (Wildman–Crippen MR) is 91.6 cm³/mol. The van der Waals surface area contributed by atoms with Gasteiger partial charge in [-0.3, -0.25) is 14.2 Å². The van der Waals surface area contributed by atoms with Crippen LogP contribution >= 0.6 is 0 Å². The Morgan fingerprint density at radius 1 is 1.33 bits per heavy atom. The Morgan fingerprint density at radius 3 is 3.00 bits per heavy atom. The number of carbonyl (C=O) groups is 1. The van der Waals surface area contributed by atoms with Gasteiger partial charge in [-0.05, 0) is 24.5 Å². The largest absolute Gasteiger partial charge is 0.480 e. The van der Waals surface area contributed by atoms with E-state index >= 15 is 0 Å². The number of rotatable bonds is 6. The molecule has 1 aromatic carbocycles. The molecule has 0 saturated carbocycles. The van der Waals surface area contributed by atoms with E-state index in [2.05, 4.69) is 33.4 Å². The van der Waals surface area contributed by atoms with E-state index in [0.717, 1.165) is 30.5 Å². The third-order valence-electron chi connectivity index (χ3n) is 4.10. The Hall–Kier alpha value is -2.83. The lowest BCUT2D eigenvalue weighted by Crippen LogP contribution is -2.35. The quantitative estimate of drug-likeness (QED) is 0.828. The van der Waals surface area contributed by atoms with Crippen LogP contribution in [0.2, 0.25) is 0 Å². The summed E-state index contributed by atoms with van der Waals surface area (Å²) >= 11 is 0. The summed E-state index contributed by atoms with van der Waals surface area (Å²) in [6.45, 7) is 1.94. The van der Waals surface area contributed by atoms with Crippen LogP contribution in [0.5, 0.6) is 0 Å². The fraction of sp³-hybridized carbons (Fsp3) is 0.353. The van der Waals surface area contributed by atoms with Crippen LogP contribution in [0.25, 0.3) is 0 Å². The fourth-order valence-electron chi connectivity index (χ4n) is 2.99. The van der Waals surface area contributed by atoms with Gasteiger partial charge in [0.15, 0.2) is 5.82 Å². The molecule has 0 amide bonds. The lowest BCUT2D eigenvalue weighted by Gasteiger charge is -2.31. The van der Waals surface area contributed by atoms with Gasteiger partial charge in [-0.25, -0.2) is 4.98 Å². The van der Waals surface area contributed by atoms with Gasteiger partial charge in [0, 0.05) is 37.7 Å². The number of aliphatic carboxylic acids is 1. The zero-order valence-electron chi connectivity index (χ0n) is 13.3. The number of aromatic nitrogens is 2. The Labute approximate surface area is 139 Å². The first kappa shape index (κ1) is 16.0. The molecule has 0 saturated heterocycles. The van der Waals surface area contributed by atoms with Crippen molar-refractivity contribution in [2.24, 2.45) is 0 Å². The zero-order chi connectivity index (χ0) is 16.9. The number of para-hydroxylation sites is 1. The van der Waals surface area contributed by atoms with Crippen molar-refractivity contribution in [1.82, 2.24) is 9.55 Å². The van der Waals surface area contributed by atoms with Crippen LogP contribution in [0.3, 0.4) is 0 Å². The number of anilines is 2. The molecule has 1 aromatic heterocycles. The second-order valence-corrected chi connectivity index (χ2v) is 5.75. The minimum atomic E-state index is -1.06. The van der Waals surface area contributed by atoms with Crippen molar-refractivity contribution < 1.29 is 9.90 Å². The van der Waals surface area contributed by atoms with Gasteiger partial charge < -0.3 is 15.3 Å². The van der Waals surface area contributed by atoms with E-state index in [4.69, 9.17) is 5.11 Å². The van der Waals surface area contributed by atoms with Gasteiger partial charge in [0.05, 0.1) is 0 Å². The van der Waals surface area contributed by atoms with Crippen molar-refractivity contribution >= 4 is 17.5 Å². The van der Waals surface area contributed by atoms with Crippen LogP contribution in [-0.4, -0.2) is 40.3 Å². The lowest BCUT2D eigenvalue weighted by molar-refractivity contribution is -0.137. The van der Waals surface area contributed by atoms with Gasteiger partial charge in [0.25, 0.3) is 5.56 Å². The van der Waals surface area contributed by atoms with Crippen LogP contribution in [0.15, 0.2) is 41.5 Å². The third-order valence-corrected chi connectivity index (χ3v) is 4.10. The van der Waals surface area contributed by atoms with Crippen LogP contribution in [0.4, 0.5) is 11.5 Å². The lowest BCUT2D eigenvalue weighted by atomic mass is 10.0. The fourth-order valence-corrected chi connectivity index (χ4v) is 2.99. The van der Waals surface area contributed by atoms with E-state index in [-0.39, 0.29) is 12.4 Å². The number of fused-ring (bicyclic) bond motifs is 1. The number of hydrogen-bond acceptors (Lipinski definition) is 5. The number of aryl methyl sites for hydroxylation is 1. The van der Waals surface area contributed by atoms with Gasteiger partial charge in [0.1, 0.15) is 6.54 Å². The molecule has 7 heteroatoms. The van der Waals surface area contributed by atoms with Crippen molar-refractivity contribution in [2.45, 2.75) is 19.4 Å². The summed E-state index contributed by atoms with van der Waals surface area (Å²) in [4.78, 5) is 29.2. The van der Waals surface area contributed by atoms with E-state index in [1.165, 1.54) is 23.6 Å². The average molecular weight is 328 g/mol. The normalized spacial score (nSPS) is 13.4. The molecule has 3 rings (SSSR count). The molecule has 1 aliphatic rings. The van der Waals surface area contributed by atoms with Gasteiger partial charge in [-0.2, -0.15) is 0 Å². The van der Waals surface area contributed by atoms with E-state index in [1.54, 1.807) is 0 Å². The predicted octanol–water partition coefficient (Wildman–Crippen LogP) is 1.19. The Bertz CT molecular complexity index is 787. The van der Waals surface area contributed by atoms with E-state index in [1.807, 2.05) is 6.07 Å². The van der Waals surface area contributed by atoms with Crippen molar-refractivity contribution in [1.29, 1.82) is 0 Å². The van der Waals surface area contributed by atoms with Crippen LogP contribution in [0.1, 0.15) is 12.0 Å². The highest BCUT2D eigenvalue weighted by Gasteiger charge is 2.15. The zero-order valence-corrected chi connectivity index (χ0v) is 13.3. The Morgan fingerprint density at radius 2 is 2.17 bits per heavy atom. The molecule has 0 radical (unpaired) electrons. The smallest absolute Gasteiger partial charge is 0.323 e. The molecule has 0 atom stereocenters. The minimum absolute atomic E-state index is 0.184. The highest BCUT2D eigenvalue weighted by Crippen LogP contribution is 2.26. The van der Waals surface area contributed by atoms with Crippen molar-refractivity contribution in [3.05, 3.63) is 52.6 Å². The maximum Gasteiger partial charge on any atom is 0.323 e. The van der Waals surface area contributed by atoms with Crippen molar-refractivity contribution in [2.75, 3.05) is 29.9 Å². The number of nitrogens with zero attached hydrogens (tertiary/aromatic N) is 3. The number of carboxylic acids is 1. The van der Waals surface area contributed by atoms with Crippen LogP contribution < -0.4 is 15.8 Å². The first-order valence-electron chi connectivity index (χ1n) is 7.99. The van der Waals surface area contributed by atoms with Gasteiger partial charge in [0.2, 0.25) is 0 Å². The number of nitrogens with one attached hydrogen (secondary N) is 1. The van der Waals surface area contributed by atoms with Gasteiger partial charge in [-0.15, -0.1) is 0 Å². The topological polar surface area (TPSA) is 87.5 Å². The highest BCUT2D eigenvalue weighted by molar-refractivity contribution is 5.66. The molecule has 126 valence electrons. The summed E-state index contributed by atoms with van der Waals surface area (Å²) in [6, 6.07) is 8.36. The molecular weight excluding hydrogens is 308 g/mol. The van der Waals surface area contributed by atoms with E-state index in [9.17, 15) is 9.59 Å². The molecule has 2 N–H and O–H groups in total. The molecule has 7 nitrogen and oxygen atoms in total. The first-order chi connectivity index (χ1) is 11.6. The summed E-state index contributed by atoms with van der Waals surface area (Å²) in [5, 5.41) is 11.8. The molecule has 0 bridgehead atoms. The third kappa shape index (κ3) is 3.56. The SMILES string of the molecule is O=C(O)Cn1ccnc(NCCN2CCCc3ccccc32)c1=O. The maximum atomic E-state index is 12.1. The summed E-state index contributed by atoms with van der Waals surface area (Å²) in [7, 11) is 0. The molecule has 0 aliphatic carbocycles. The van der Waals surface area contributed by atoms with E-state index in [0.29, 0.717) is 6.54 Å². The molecule has 24 heavy (non-hydrogen) atoms. The molecular formula is C17H20N4O3. The Kier molecular flexibility index (Phi) is 4.79. The minimum Gasteiger partial charge on any atom is -0.480 e. The van der Waals surface area contributed by atoms with Gasteiger partial charge in [-0.1, -0.05) is 18.2 Å². The molecule has 0 spiro atoms. The van der Waals surface area contributed by atoms with Crippen LogP contribution in [-0.2, 0) is 17.8 Å². The first-order valence-corrected chi connectivity index (χ1v) is 7.99. The molecule has 2 aromatic rings. The van der Waals surface area contributed by atoms with Crippen LogP contribution in [0, 0.1) is 0 Å². The standard InChI is InChI=1S/C17H20N4O3/c22-15(23)12-21-11-8-19-16(17(21)24)18-7-10-20-9-3-5-13-4-1-2-6-14(13)20/h1-2,4,6,8,11H,3,5,7,9-10,12H2,(H,18,19)(H,22,23). The number of benzene rings is 1. The Balaban J connectivity index is 1.64. The number of hydrogen-bond donors (Lipinski definition) is 2. The molecule has 2 heterocycles. The summed E-state index contributed by atoms with van der Waals surface area (Å²) in [5.74, 6) is -0.872. The second-order valence-electron chi connectivity index (χ2n) is 5.75. The highest BCUT2D eigenvalue weighted by atomic mass is 16.4. The average Bonchev–Trinajstić information content (AvgIpc) is 2.58. The molecule has 0 fully saturated rings. The monoisotopic (exact) mass is 328 g/mol. The maximum absolute atomic E-state index is 12.1.